The molecule has 2 saturated heterocycles. The number of carboxylic acid groups (broad SMARTS) is 1. The van der Waals surface area contributed by atoms with Gasteiger partial charge in [-0.15, -0.1) is 0 Å². The van der Waals surface area contributed by atoms with E-state index in [4.69, 9.17) is 4.74 Å². The van der Waals surface area contributed by atoms with Crippen molar-refractivity contribution in [1.82, 2.24) is 10.2 Å². The Bertz CT molecular complexity index is 1110. The van der Waals surface area contributed by atoms with Crippen molar-refractivity contribution in [3.8, 4) is 0 Å². The molecule has 0 bridgehead atoms. The molecule has 1 aromatic carbocycles. The number of alkyl halides is 2. The first-order valence-electron chi connectivity index (χ1n) is 16.9. The molecule has 6 nitrogen and oxygen atoms in total. The van der Waals surface area contributed by atoms with Gasteiger partial charge in [0.1, 0.15) is 11.4 Å². The van der Waals surface area contributed by atoms with Crippen LogP contribution in [-0.2, 0) is 20.2 Å². The fourth-order valence-corrected chi connectivity index (χ4v) is 7.51. The average Bonchev–Trinajstić information content (AvgIpc) is 3.80. The largest absolute Gasteiger partial charge is 0.481 e. The van der Waals surface area contributed by atoms with Gasteiger partial charge in [-0.3, -0.25) is 14.5 Å². The summed E-state index contributed by atoms with van der Waals surface area (Å²) in [5.74, 6) is -3.24. The minimum absolute atomic E-state index is 0.0436. The first kappa shape index (κ1) is 34.7. The van der Waals surface area contributed by atoms with Gasteiger partial charge >= 0.3 is 5.97 Å². The van der Waals surface area contributed by atoms with E-state index >= 15 is 0 Å². The molecule has 3 fully saturated rings. The van der Waals surface area contributed by atoms with E-state index in [1.54, 1.807) is 0 Å². The molecule has 1 saturated carbocycles. The van der Waals surface area contributed by atoms with Crippen LogP contribution in [0.1, 0.15) is 115 Å². The minimum atomic E-state index is -3.10. The third-order valence-corrected chi connectivity index (χ3v) is 10.5. The highest BCUT2D eigenvalue weighted by atomic mass is 19.3. The van der Waals surface area contributed by atoms with Crippen molar-refractivity contribution in [2.75, 3.05) is 26.2 Å². The summed E-state index contributed by atoms with van der Waals surface area (Å²) < 4.78 is 48.1. The molecular formula is C35H53F3N2O4. The number of carbonyl (C=O) groups excluding carboxylic acids is 1. The van der Waals surface area contributed by atoms with Crippen LogP contribution < -0.4 is 5.32 Å². The van der Waals surface area contributed by atoms with Crippen molar-refractivity contribution in [3.63, 3.8) is 0 Å². The van der Waals surface area contributed by atoms with Crippen molar-refractivity contribution in [3.05, 3.63) is 35.1 Å². The Hall–Kier alpha value is -2.13. The predicted octanol–water partition coefficient (Wildman–Crippen LogP) is 7.50. The van der Waals surface area contributed by atoms with Crippen LogP contribution in [0.4, 0.5) is 13.2 Å². The highest BCUT2D eigenvalue weighted by Crippen LogP contribution is 2.47. The first-order chi connectivity index (χ1) is 20.8. The van der Waals surface area contributed by atoms with Crippen molar-refractivity contribution in [1.29, 1.82) is 0 Å². The van der Waals surface area contributed by atoms with Crippen LogP contribution in [0.2, 0.25) is 0 Å². The SMILES string of the molecule is CC1CCC([C@@H](C)CC(=O)O)CCCN(C2CC[C@@](C(=O)NCCCC(C)c3cc(F)cc(C(C)(F)F)c3)(C3CC3)OC2)C1. The number of rotatable bonds is 12. The van der Waals surface area contributed by atoms with Crippen molar-refractivity contribution < 1.29 is 32.6 Å². The molecule has 4 unspecified atom stereocenters. The third kappa shape index (κ3) is 9.21. The molecule has 1 amide bonds. The van der Waals surface area contributed by atoms with Crippen molar-refractivity contribution in [2.24, 2.45) is 23.7 Å². The fourth-order valence-electron chi connectivity index (χ4n) is 7.51. The standard InChI is InChI=1S/C35H53F3N2O4/c1-23-9-10-26(25(3)17-32(41)42)8-6-16-40(21-23)31-13-14-35(44-22-31,28-11-12-28)33(43)39-15-5-7-24(2)27-18-29(34(4,37)38)20-30(36)19-27/h18-20,23-26,28,31H,5-17,21-22H2,1-4H3,(H,39,43)(H,41,42)/t23?,24?,25-,26?,31?,35-/m0/s1. The van der Waals surface area contributed by atoms with Gasteiger partial charge in [0.15, 0.2) is 0 Å². The van der Waals surface area contributed by atoms with Gasteiger partial charge in [-0.05, 0) is 124 Å². The number of carbonyl (C=O) groups is 2. The molecule has 1 aromatic rings. The number of amides is 1. The minimum Gasteiger partial charge on any atom is -0.481 e. The topological polar surface area (TPSA) is 78.9 Å². The second-order valence-electron chi connectivity index (χ2n) is 14.3. The fraction of sp³-hybridized carbons (Fsp3) is 0.771. The number of hydrogen-bond donors (Lipinski definition) is 2. The maximum atomic E-state index is 14.0. The summed E-state index contributed by atoms with van der Waals surface area (Å²) in [6.45, 7) is 10.0. The van der Waals surface area contributed by atoms with Crippen LogP contribution in [0.3, 0.4) is 0 Å². The molecule has 248 valence electrons. The van der Waals surface area contributed by atoms with E-state index in [1.807, 2.05) is 6.92 Å². The summed E-state index contributed by atoms with van der Waals surface area (Å²) in [5.41, 5.74) is -0.555. The lowest BCUT2D eigenvalue weighted by Crippen LogP contribution is -2.57. The Morgan fingerprint density at radius 2 is 1.89 bits per heavy atom. The Balaban J connectivity index is 1.27. The summed E-state index contributed by atoms with van der Waals surface area (Å²) in [6.07, 6.45) is 9.39. The van der Waals surface area contributed by atoms with Crippen LogP contribution in [0.5, 0.6) is 0 Å². The van der Waals surface area contributed by atoms with Crippen LogP contribution in [0.15, 0.2) is 18.2 Å². The van der Waals surface area contributed by atoms with Gasteiger partial charge in [-0.25, -0.2) is 13.2 Å². The first-order valence-corrected chi connectivity index (χ1v) is 16.9. The molecule has 2 aliphatic heterocycles. The van der Waals surface area contributed by atoms with E-state index in [-0.39, 0.29) is 41.7 Å². The molecule has 3 aliphatic rings. The van der Waals surface area contributed by atoms with Crippen LogP contribution in [-0.4, -0.2) is 59.8 Å². The molecule has 0 aromatic heterocycles. The van der Waals surface area contributed by atoms with E-state index in [0.29, 0.717) is 49.8 Å². The summed E-state index contributed by atoms with van der Waals surface area (Å²) in [6, 6.07) is 3.87. The van der Waals surface area contributed by atoms with E-state index in [1.165, 1.54) is 12.1 Å². The summed E-state index contributed by atoms with van der Waals surface area (Å²) in [5, 5.41) is 12.4. The molecule has 44 heavy (non-hydrogen) atoms. The van der Waals surface area contributed by atoms with Crippen LogP contribution in [0, 0.1) is 29.5 Å². The number of nitrogens with one attached hydrogen (secondary N) is 1. The number of ether oxygens (including phenoxy) is 1. The second kappa shape index (κ2) is 15.0. The lowest BCUT2D eigenvalue weighted by atomic mass is 9.83. The van der Waals surface area contributed by atoms with Gasteiger partial charge in [0.2, 0.25) is 0 Å². The van der Waals surface area contributed by atoms with Gasteiger partial charge in [0.05, 0.1) is 6.61 Å². The zero-order chi connectivity index (χ0) is 32.1. The Morgan fingerprint density at radius 3 is 2.52 bits per heavy atom. The number of hydrogen-bond acceptors (Lipinski definition) is 4. The van der Waals surface area contributed by atoms with Gasteiger partial charge in [-0.1, -0.05) is 20.8 Å². The monoisotopic (exact) mass is 622 g/mol. The molecule has 0 radical (unpaired) electrons. The molecule has 9 heteroatoms. The van der Waals surface area contributed by atoms with E-state index in [9.17, 15) is 27.9 Å². The zero-order valence-corrected chi connectivity index (χ0v) is 27.1. The van der Waals surface area contributed by atoms with Crippen molar-refractivity contribution in [2.45, 2.75) is 122 Å². The number of nitrogens with zero attached hydrogens (tertiary/aromatic N) is 1. The van der Waals surface area contributed by atoms with E-state index < -0.39 is 23.3 Å². The molecule has 2 heterocycles. The molecule has 1 aliphatic carbocycles. The predicted molar refractivity (Wildman–Crippen MR) is 165 cm³/mol. The van der Waals surface area contributed by atoms with Crippen LogP contribution in [0.25, 0.3) is 0 Å². The summed E-state index contributed by atoms with van der Waals surface area (Å²) in [4.78, 5) is 27.4. The molecule has 2 N–H and O–H groups in total. The van der Waals surface area contributed by atoms with E-state index in [2.05, 4.69) is 24.1 Å². The average molecular weight is 623 g/mol. The van der Waals surface area contributed by atoms with Gasteiger partial charge in [0, 0.05) is 38.0 Å². The Morgan fingerprint density at radius 1 is 1.14 bits per heavy atom. The summed E-state index contributed by atoms with van der Waals surface area (Å²) in [7, 11) is 0. The smallest absolute Gasteiger partial charge is 0.303 e. The molecule has 4 rings (SSSR count). The lowest BCUT2D eigenvalue weighted by Gasteiger charge is -2.43. The Kier molecular flexibility index (Phi) is 11.8. The summed E-state index contributed by atoms with van der Waals surface area (Å²) >= 11 is 0. The molecule has 0 spiro atoms. The van der Waals surface area contributed by atoms with Gasteiger partial charge in [0.25, 0.3) is 11.8 Å². The number of benzene rings is 1. The lowest BCUT2D eigenvalue weighted by molar-refractivity contribution is -0.165. The highest BCUT2D eigenvalue weighted by Gasteiger charge is 2.54. The number of halogens is 3. The number of aliphatic carboxylic acids is 1. The van der Waals surface area contributed by atoms with Gasteiger partial charge in [-0.2, -0.15) is 0 Å². The highest BCUT2D eigenvalue weighted by molar-refractivity contribution is 5.86. The molecule has 6 atom stereocenters. The van der Waals surface area contributed by atoms with Gasteiger partial charge < -0.3 is 15.2 Å². The maximum Gasteiger partial charge on any atom is 0.303 e. The normalized spacial score (nSPS) is 28.8. The molecular weight excluding hydrogens is 569 g/mol. The maximum absolute atomic E-state index is 14.0. The van der Waals surface area contributed by atoms with E-state index in [0.717, 1.165) is 71.0 Å². The quantitative estimate of drug-likeness (QED) is 0.236. The van der Waals surface area contributed by atoms with Crippen LogP contribution >= 0.6 is 0 Å². The zero-order valence-electron chi connectivity index (χ0n) is 27.1. The van der Waals surface area contributed by atoms with Crippen molar-refractivity contribution >= 4 is 11.9 Å². The third-order valence-electron chi connectivity index (χ3n) is 10.5. The Labute approximate surface area is 261 Å². The number of carboxylic acids is 1. The second-order valence-corrected chi connectivity index (χ2v) is 14.3.